The van der Waals surface area contributed by atoms with E-state index in [1.807, 2.05) is 26.8 Å². The monoisotopic (exact) mass is 225 g/mol. The van der Waals surface area contributed by atoms with E-state index in [-0.39, 0.29) is 6.42 Å². The van der Waals surface area contributed by atoms with E-state index in [0.717, 1.165) is 5.76 Å². The largest absolute Gasteiger partial charge is 0.481 e. The van der Waals surface area contributed by atoms with Crippen molar-refractivity contribution in [1.82, 2.24) is 0 Å². The molecule has 0 amide bonds. The van der Waals surface area contributed by atoms with Gasteiger partial charge in [-0.1, -0.05) is 6.92 Å². The molecule has 1 heterocycles. The molecule has 4 heteroatoms. The Bertz CT molecular complexity index is 351. The molecule has 0 saturated heterocycles. The van der Waals surface area contributed by atoms with Gasteiger partial charge in [-0.3, -0.25) is 4.79 Å². The van der Waals surface area contributed by atoms with E-state index < -0.39 is 16.9 Å². The van der Waals surface area contributed by atoms with Crippen LogP contribution in [0, 0.1) is 5.41 Å². The number of furan rings is 1. The van der Waals surface area contributed by atoms with Crippen molar-refractivity contribution >= 4 is 5.97 Å². The maximum atomic E-state index is 10.9. The molecular formula is C12H19NO3. The van der Waals surface area contributed by atoms with E-state index in [0.29, 0.717) is 6.42 Å². The molecule has 0 aliphatic rings. The molecule has 0 spiro atoms. The topological polar surface area (TPSA) is 76.5 Å². The van der Waals surface area contributed by atoms with Crippen molar-refractivity contribution in [3.63, 3.8) is 0 Å². The first-order valence-electron chi connectivity index (χ1n) is 5.28. The molecule has 90 valence electrons. The fourth-order valence-corrected chi connectivity index (χ4v) is 1.65. The van der Waals surface area contributed by atoms with Crippen LogP contribution >= 0.6 is 0 Å². The minimum Gasteiger partial charge on any atom is -0.481 e. The summed E-state index contributed by atoms with van der Waals surface area (Å²) >= 11 is 0. The van der Waals surface area contributed by atoms with Gasteiger partial charge in [-0.25, -0.2) is 0 Å². The maximum Gasteiger partial charge on any atom is 0.303 e. The Balaban J connectivity index is 2.91. The fraction of sp³-hybridized carbons (Fsp3) is 0.583. The van der Waals surface area contributed by atoms with Gasteiger partial charge in [0.05, 0.1) is 12.7 Å². The Morgan fingerprint density at radius 3 is 2.50 bits per heavy atom. The van der Waals surface area contributed by atoms with Crippen LogP contribution in [0.1, 0.15) is 33.0 Å². The maximum absolute atomic E-state index is 10.9. The lowest BCUT2D eigenvalue weighted by Crippen LogP contribution is -2.51. The molecule has 0 aliphatic carbocycles. The van der Waals surface area contributed by atoms with Gasteiger partial charge in [-0.05, 0) is 26.0 Å². The van der Waals surface area contributed by atoms with Gasteiger partial charge in [0.1, 0.15) is 5.76 Å². The van der Waals surface area contributed by atoms with E-state index in [4.69, 9.17) is 15.3 Å². The summed E-state index contributed by atoms with van der Waals surface area (Å²) in [6.45, 7) is 5.57. The third-order valence-corrected chi connectivity index (χ3v) is 3.24. The molecule has 0 aromatic carbocycles. The minimum absolute atomic E-state index is 0.0250. The highest BCUT2D eigenvalue weighted by Gasteiger charge is 2.40. The molecule has 0 saturated carbocycles. The highest BCUT2D eigenvalue weighted by atomic mass is 16.4. The Hall–Kier alpha value is -1.29. The highest BCUT2D eigenvalue weighted by molar-refractivity contribution is 5.68. The second kappa shape index (κ2) is 4.29. The van der Waals surface area contributed by atoms with Gasteiger partial charge in [0.15, 0.2) is 0 Å². The lowest BCUT2D eigenvalue weighted by atomic mass is 9.68. The highest BCUT2D eigenvalue weighted by Crippen LogP contribution is 2.36. The quantitative estimate of drug-likeness (QED) is 0.804. The van der Waals surface area contributed by atoms with Gasteiger partial charge < -0.3 is 15.3 Å². The van der Waals surface area contributed by atoms with Crippen LogP contribution < -0.4 is 5.73 Å². The molecule has 1 aromatic rings. The van der Waals surface area contributed by atoms with Crippen molar-refractivity contribution < 1.29 is 14.3 Å². The summed E-state index contributed by atoms with van der Waals surface area (Å²) in [6.07, 6.45) is 2.13. The molecule has 0 fully saturated rings. The van der Waals surface area contributed by atoms with E-state index in [1.165, 1.54) is 0 Å². The summed E-state index contributed by atoms with van der Waals surface area (Å²) in [5.74, 6) is -0.0742. The molecule has 16 heavy (non-hydrogen) atoms. The van der Waals surface area contributed by atoms with Crippen molar-refractivity contribution in [1.29, 1.82) is 0 Å². The van der Waals surface area contributed by atoms with Crippen molar-refractivity contribution in [2.75, 3.05) is 0 Å². The zero-order chi connectivity index (χ0) is 12.4. The minimum atomic E-state index is -0.840. The average Bonchev–Trinajstić information content (AvgIpc) is 2.52. The van der Waals surface area contributed by atoms with E-state index >= 15 is 0 Å². The zero-order valence-electron chi connectivity index (χ0n) is 9.99. The second-order valence-corrected chi connectivity index (χ2v) is 5.11. The molecule has 0 aliphatic heterocycles. The molecule has 1 rings (SSSR count). The van der Waals surface area contributed by atoms with Gasteiger partial charge in [-0.15, -0.1) is 0 Å². The first-order valence-corrected chi connectivity index (χ1v) is 5.28. The Kier molecular flexibility index (Phi) is 3.43. The predicted molar refractivity (Wildman–Crippen MR) is 61.0 cm³/mol. The molecule has 3 N–H and O–H groups in total. The van der Waals surface area contributed by atoms with E-state index in [9.17, 15) is 4.79 Å². The summed E-state index contributed by atoms with van der Waals surface area (Å²) in [4.78, 5) is 10.9. The number of nitrogens with two attached hydrogens (primary N) is 1. The van der Waals surface area contributed by atoms with E-state index in [2.05, 4.69) is 0 Å². The van der Waals surface area contributed by atoms with Crippen LogP contribution in [-0.4, -0.2) is 16.6 Å². The lowest BCUT2D eigenvalue weighted by molar-refractivity contribution is -0.140. The van der Waals surface area contributed by atoms with Crippen LogP contribution in [0.4, 0.5) is 0 Å². The molecule has 0 bridgehead atoms. The van der Waals surface area contributed by atoms with Gasteiger partial charge in [0.2, 0.25) is 0 Å². The number of hydrogen-bond acceptors (Lipinski definition) is 3. The van der Waals surface area contributed by atoms with Gasteiger partial charge in [-0.2, -0.15) is 0 Å². The van der Waals surface area contributed by atoms with Gasteiger partial charge in [0.25, 0.3) is 0 Å². The Morgan fingerprint density at radius 2 is 2.12 bits per heavy atom. The van der Waals surface area contributed by atoms with Crippen LogP contribution in [-0.2, 0) is 11.2 Å². The van der Waals surface area contributed by atoms with Crippen LogP contribution in [0.2, 0.25) is 0 Å². The number of carboxylic acids is 1. The second-order valence-electron chi connectivity index (χ2n) is 5.11. The third-order valence-electron chi connectivity index (χ3n) is 3.24. The van der Waals surface area contributed by atoms with Crippen LogP contribution in [0.25, 0.3) is 0 Å². The smallest absolute Gasteiger partial charge is 0.303 e. The summed E-state index contributed by atoms with van der Waals surface area (Å²) < 4.78 is 5.26. The zero-order valence-corrected chi connectivity index (χ0v) is 9.99. The first-order chi connectivity index (χ1) is 7.24. The van der Waals surface area contributed by atoms with Gasteiger partial charge in [0, 0.05) is 17.4 Å². The summed E-state index contributed by atoms with van der Waals surface area (Å²) in [7, 11) is 0. The molecule has 1 aromatic heterocycles. The molecule has 1 unspecified atom stereocenters. The standard InChI is InChI=1S/C12H19NO3/c1-11(2,13)12(3,8-10(14)15)7-9-5-4-6-16-9/h4-6H,7-8,13H2,1-3H3,(H,14,15). The number of carbonyl (C=O) groups is 1. The van der Waals surface area contributed by atoms with Crippen LogP contribution in [0.5, 0.6) is 0 Å². The van der Waals surface area contributed by atoms with E-state index in [1.54, 1.807) is 12.3 Å². The molecule has 0 radical (unpaired) electrons. The SMILES string of the molecule is CC(C)(N)C(C)(CC(=O)O)Cc1ccco1. The molecule has 4 nitrogen and oxygen atoms in total. The fourth-order valence-electron chi connectivity index (χ4n) is 1.65. The Labute approximate surface area is 95.4 Å². The van der Waals surface area contributed by atoms with Crippen molar-refractivity contribution in [3.8, 4) is 0 Å². The first kappa shape index (κ1) is 12.8. The van der Waals surface area contributed by atoms with Crippen LogP contribution in [0.15, 0.2) is 22.8 Å². The predicted octanol–water partition coefficient (Wildman–Crippen LogP) is 2.04. The van der Waals surface area contributed by atoms with Crippen molar-refractivity contribution in [2.24, 2.45) is 11.1 Å². The number of rotatable bonds is 5. The van der Waals surface area contributed by atoms with Gasteiger partial charge >= 0.3 is 5.97 Å². The van der Waals surface area contributed by atoms with Crippen molar-refractivity contribution in [2.45, 2.75) is 39.2 Å². The lowest BCUT2D eigenvalue weighted by Gasteiger charge is -2.40. The number of hydrogen-bond donors (Lipinski definition) is 2. The Morgan fingerprint density at radius 1 is 1.50 bits per heavy atom. The van der Waals surface area contributed by atoms with Crippen LogP contribution in [0.3, 0.4) is 0 Å². The molecular weight excluding hydrogens is 206 g/mol. The van der Waals surface area contributed by atoms with Crippen molar-refractivity contribution in [3.05, 3.63) is 24.2 Å². The molecule has 1 atom stereocenters. The third kappa shape index (κ3) is 2.85. The average molecular weight is 225 g/mol. The normalized spacial score (nSPS) is 15.8. The summed E-state index contributed by atoms with van der Waals surface area (Å²) in [6, 6.07) is 3.63. The number of carboxylic acid groups (broad SMARTS) is 1. The number of aliphatic carboxylic acids is 1. The summed E-state index contributed by atoms with van der Waals surface area (Å²) in [5, 5.41) is 8.95. The summed E-state index contributed by atoms with van der Waals surface area (Å²) in [5.41, 5.74) is 4.96.